The average Bonchev–Trinajstić information content (AvgIpc) is 3.18. The SMILES string of the molecule is CC[C@@H]1C[C@H]1C(=O)Nc1ccc(C(=O)OC)nc1. The summed E-state index contributed by atoms with van der Waals surface area (Å²) in [6.07, 6.45) is 3.47. The zero-order valence-corrected chi connectivity index (χ0v) is 10.5. The predicted octanol–water partition coefficient (Wildman–Crippen LogP) is 1.85. The monoisotopic (exact) mass is 248 g/mol. The lowest BCUT2D eigenvalue weighted by atomic mass is 10.2. The molecule has 1 heterocycles. The van der Waals surface area contributed by atoms with Gasteiger partial charge in [0.2, 0.25) is 5.91 Å². The third-order valence-corrected chi connectivity index (χ3v) is 3.21. The highest BCUT2D eigenvalue weighted by molar-refractivity contribution is 5.94. The van der Waals surface area contributed by atoms with Gasteiger partial charge in [0.15, 0.2) is 0 Å². The van der Waals surface area contributed by atoms with E-state index in [2.05, 4.69) is 22.0 Å². The molecule has 0 bridgehead atoms. The molecule has 0 spiro atoms. The number of hydrogen-bond donors (Lipinski definition) is 1. The van der Waals surface area contributed by atoms with Gasteiger partial charge in [0.1, 0.15) is 5.69 Å². The maximum Gasteiger partial charge on any atom is 0.356 e. The van der Waals surface area contributed by atoms with Crippen molar-refractivity contribution in [3.8, 4) is 0 Å². The molecule has 96 valence electrons. The van der Waals surface area contributed by atoms with E-state index in [1.165, 1.54) is 19.4 Å². The van der Waals surface area contributed by atoms with Crippen LogP contribution < -0.4 is 5.32 Å². The Morgan fingerprint density at radius 3 is 2.78 bits per heavy atom. The number of rotatable bonds is 4. The summed E-state index contributed by atoms with van der Waals surface area (Å²) < 4.78 is 4.55. The van der Waals surface area contributed by atoms with E-state index in [1.807, 2.05) is 0 Å². The lowest BCUT2D eigenvalue weighted by Gasteiger charge is -2.04. The van der Waals surface area contributed by atoms with Gasteiger partial charge in [-0.2, -0.15) is 0 Å². The number of pyridine rings is 1. The maximum atomic E-state index is 11.8. The highest BCUT2D eigenvalue weighted by atomic mass is 16.5. The first-order chi connectivity index (χ1) is 8.65. The fraction of sp³-hybridized carbons (Fsp3) is 0.462. The standard InChI is InChI=1S/C13H16N2O3/c1-3-8-6-10(8)12(16)15-9-4-5-11(14-7-9)13(17)18-2/h4-5,7-8,10H,3,6H2,1-2H3,(H,15,16)/t8-,10-/m1/s1. The Bertz CT molecular complexity index is 456. The Morgan fingerprint density at radius 2 is 2.28 bits per heavy atom. The van der Waals surface area contributed by atoms with E-state index in [-0.39, 0.29) is 17.5 Å². The van der Waals surface area contributed by atoms with Crippen molar-refractivity contribution in [3.63, 3.8) is 0 Å². The fourth-order valence-corrected chi connectivity index (χ4v) is 1.95. The van der Waals surface area contributed by atoms with Crippen molar-refractivity contribution in [2.24, 2.45) is 11.8 Å². The Morgan fingerprint density at radius 1 is 1.50 bits per heavy atom. The maximum absolute atomic E-state index is 11.8. The molecule has 1 saturated carbocycles. The quantitative estimate of drug-likeness (QED) is 0.826. The molecular formula is C13H16N2O3. The molecule has 1 amide bonds. The summed E-state index contributed by atoms with van der Waals surface area (Å²) in [4.78, 5) is 26.9. The number of amides is 1. The molecule has 5 nitrogen and oxygen atoms in total. The minimum atomic E-state index is -0.485. The van der Waals surface area contributed by atoms with Gasteiger partial charge < -0.3 is 10.1 Å². The van der Waals surface area contributed by atoms with E-state index in [0.29, 0.717) is 11.6 Å². The number of hydrogen-bond acceptors (Lipinski definition) is 4. The number of anilines is 1. The summed E-state index contributed by atoms with van der Waals surface area (Å²) in [6, 6.07) is 3.19. The number of carbonyl (C=O) groups excluding carboxylic acids is 2. The highest BCUT2D eigenvalue weighted by Crippen LogP contribution is 2.41. The largest absolute Gasteiger partial charge is 0.464 e. The third-order valence-electron chi connectivity index (χ3n) is 3.21. The van der Waals surface area contributed by atoms with E-state index in [1.54, 1.807) is 6.07 Å². The molecule has 0 radical (unpaired) electrons. The molecule has 5 heteroatoms. The molecule has 1 aromatic heterocycles. The summed E-state index contributed by atoms with van der Waals surface area (Å²) in [5, 5.41) is 2.80. The molecule has 1 N–H and O–H groups in total. The third kappa shape index (κ3) is 2.67. The second kappa shape index (κ2) is 5.16. The van der Waals surface area contributed by atoms with Crippen LogP contribution in [0.2, 0.25) is 0 Å². The molecule has 1 aromatic rings. The van der Waals surface area contributed by atoms with Crippen LogP contribution in [0.4, 0.5) is 5.69 Å². The van der Waals surface area contributed by atoms with E-state index in [4.69, 9.17) is 0 Å². The normalized spacial score (nSPS) is 21.2. The van der Waals surface area contributed by atoms with E-state index in [0.717, 1.165) is 12.8 Å². The molecular weight excluding hydrogens is 232 g/mol. The number of nitrogens with zero attached hydrogens (tertiary/aromatic N) is 1. The summed E-state index contributed by atoms with van der Waals surface area (Å²) in [6.45, 7) is 2.09. The summed E-state index contributed by atoms with van der Waals surface area (Å²) in [7, 11) is 1.30. The van der Waals surface area contributed by atoms with Crippen LogP contribution in [0.15, 0.2) is 18.3 Å². The van der Waals surface area contributed by atoms with Gasteiger partial charge in [-0.25, -0.2) is 9.78 Å². The Kier molecular flexibility index (Phi) is 3.60. The molecule has 1 aliphatic carbocycles. The number of aromatic nitrogens is 1. The van der Waals surface area contributed by atoms with E-state index >= 15 is 0 Å². The van der Waals surface area contributed by atoms with Crippen LogP contribution in [0.25, 0.3) is 0 Å². The molecule has 2 atom stereocenters. The highest BCUT2D eigenvalue weighted by Gasteiger charge is 2.41. The van der Waals surface area contributed by atoms with E-state index < -0.39 is 5.97 Å². The smallest absolute Gasteiger partial charge is 0.356 e. The number of methoxy groups -OCH3 is 1. The van der Waals surface area contributed by atoms with Crippen molar-refractivity contribution in [2.75, 3.05) is 12.4 Å². The minimum absolute atomic E-state index is 0.0365. The second-order valence-electron chi connectivity index (χ2n) is 4.42. The van der Waals surface area contributed by atoms with Crippen LogP contribution in [-0.2, 0) is 9.53 Å². The van der Waals surface area contributed by atoms with Gasteiger partial charge in [-0.15, -0.1) is 0 Å². The summed E-state index contributed by atoms with van der Waals surface area (Å²) in [5.41, 5.74) is 0.836. The molecule has 1 aliphatic rings. The lowest BCUT2D eigenvalue weighted by molar-refractivity contribution is -0.117. The Balaban J connectivity index is 1.94. The minimum Gasteiger partial charge on any atom is -0.464 e. The van der Waals surface area contributed by atoms with Crippen molar-refractivity contribution < 1.29 is 14.3 Å². The van der Waals surface area contributed by atoms with Gasteiger partial charge in [-0.05, 0) is 24.5 Å². The Labute approximate surface area is 106 Å². The van der Waals surface area contributed by atoms with Crippen molar-refractivity contribution in [1.82, 2.24) is 4.98 Å². The fourth-order valence-electron chi connectivity index (χ4n) is 1.95. The van der Waals surface area contributed by atoms with Crippen LogP contribution in [0, 0.1) is 11.8 Å². The van der Waals surface area contributed by atoms with Gasteiger partial charge in [0.25, 0.3) is 0 Å². The van der Waals surface area contributed by atoms with Gasteiger partial charge in [0.05, 0.1) is 19.0 Å². The molecule has 1 fully saturated rings. The van der Waals surface area contributed by atoms with Gasteiger partial charge >= 0.3 is 5.97 Å². The van der Waals surface area contributed by atoms with Crippen LogP contribution >= 0.6 is 0 Å². The summed E-state index contributed by atoms with van der Waals surface area (Å²) >= 11 is 0. The van der Waals surface area contributed by atoms with Gasteiger partial charge in [0, 0.05) is 5.92 Å². The van der Waals surface area contributed by atoms with Crippen molar-refractivity contribution in [2.45, 2.75) is 19.8 Å². The predicted molar refractivity (Wildman–Crippen MR) is 66.1 cm³/mol. The van der Waals surface area contributed by atoms with Crippen molar-refractivity contribution in [1.29, 1.82) is 0 Å². The zero-order valence-electron chi connectivity index (χ0n) is 10.5. The van der Waals surface area contributed by atoms with Gasteiger partial charge in [-0.3, -0.25) is 4.79 Å². The van der Waals surface area contributed by atoms with Crippen molar-refractivity contribution >= 4 is 17.6 Å². The second-order valence-corrected chi connectivity index (χ2v) is 4.42. The van der Waals surface area contributed by atoms with Crippen LogP contribution in [0.1, 0.15) is 30.3 Å². The van der Waals surface area contributed by atoms with Crippen LogP contribution in [0.5, 0.6) is 0 Å². The number of carbonyl (C=O) groups is 2. The van der Waals surface area contributed by atoms with Gasteiger partial charge in [-0.1, -0.05) is 13.3 Å². The first kappa shape index (κ1) is 12.5. The molecule has 18 heavy (non-hydrogen) atoms. The summed E-state index contributed by atoms with van der Waals surface area (Å²) in [5.74, 6) is 0.207. The van der Waals surface area contributed by atoms with Crippen LogP contribution in [-0.4, -0.2) is 24.0 Å². The average molecular weight is 248 g/mol. The van der Waals surface area contributed by atoms with Crippen LogP contribution in [0.3, 0.4) is 0 Å². The molecule has 0 aromatic carbocycles. The van der Waals surface area contributed by atoms with E-state index in [9.17, 15) is 9.59 Å². The first-order valence-electron chi connectivity index (χ1n) is 6.01. The molecule has 2 rings (SSSR count). The number of ether oxygens (including phenoxy) is 1. The molecule has 0 saturated heterocycles. The number of esters is 1. The topological polar surface area (TPSA) is 68.3 Å². The lowest BCUT2D eigenvalue weighted by Crippen LogP contribution is -2.15. The first-order valence-corrected chi connectivity index (χ1v) is 6.01. The molecule has 0 aliphatic heterocycles. The Hall–Kier alpha value is -1.91. The number of nitrogens with one attached hydrogen (secondary N) is 1. The molecule has 0 unspecified atom stereocenters. The zero-order chi connectivity index (χ0) is 13.1. The van der Waals surface area contributed by atoms with Crippen molar-refractivity contribution in [3.05, 3.63) is 24.0 Å².